The quantitative estimate of drug-likeness (QED) is 0.0769. The summed E-state index contributed by atoms with van der Waals surface area (Å²) < 4.78 is 15.6. The fourth-order valence-electron chi connectivity index (χ4n) is 7.46. The summed E-state index contributed by atoms with van der Waals surface area (Å²) in [6.07, 6.45) is 27.9. The van der Waals surface area contributed by atoms with Crippen molar-refractivity contribution >= 4 is 34.4 Å². The summed E-state index contributed by atoms with van der Waals surface area (Å²) in [6, 6.07) is 15.9. The molecule has 0 bridgehead atoms. The molecule has 4 rings (SSSR count). The van der Waals surface area contributed by atoms with E-state index >= 15 is 0 Å². The van der Waals surface area contributed by atoms with Gasteiger partial charge in [0, 0.05) is 28.4 Å². The average molecular weight is 630 g/mol. The van der Waals surface area contributed by atoms with Crippen molar-refractivity contribution in [2.75, 3.05) is 0 Å². The lowest BCUT2D eigenvalue weighted by atomic mass is 9.79. The number of benzene rings is 2. The standard InChI is InChI=1S/C42H68BNO2/c1-7-9-11-13-15-17-18-20-22-24-28-35(27-23-21-19-16-14-12-10-8-2)34-44-39-30-26-25-29-37(39)38-32-31-36(33-40(38)44)43-45-41(3,4)42(5,6)46-43/h25-26,29-33,35H,7-24,27-28,34H2,1-6H3. The molecule has 1 atom stereocenters. The van der Waals surface area contributed by atoms with E-state index in [-0.39, 0.29) is 18.3 Å². The summed E-state index contributed by atoms with van der Waals surface area (Å²) in [5.74, 6) is 0.716. The summed E-state index contributed by atoms with van der Waals surface area (Å²) >= 11 is 0. The Morgan fingerprint density at radius 3 is 1.54 bits per heavy atom. The van der Waals surface area contributed by atoms with E-state index in [1.165, 1.54) is 150 Å². The molecule has 46 heavy (non-hydrogen) atoms. The van der Waals surface area contributed by atoms with Gasteiger partial charge >= 0.3 is 7.12 Å². The molecule has 1 unspecified atom stereocenters. The van der Waals surface area contributed by atoms with E-state index in [9.17, 15) is 0 Å². The third kappa shape index (κ3) is 10.4. The van der Waals surface area contributed by atoms with E-state index in [1.807, 2.05) is 0 Å². The van der Waals surface area contributed by atoms with Crippen LogP contribution in [-0.2, 0) is 15.9 Å². The summed E-state index contributed by atoms with van der Waals surface area (Å²) in [4.78, 5) is 0. The van der Waals surface area contributed by atoms with Gasteiger partial charge in [0.2, 0.25) is 0 Å². The van der Waals surface area contributed by atoms with Gasteiger partial charge in [-0.25, -0.2) is 0 Å². The van der Waals surface area contributed by atoms with Crippen LogP contribution in [0, 0.1) is 5.92 Å². The van der Waals surface area contributed by atoms with Crippen LogP contribution < -0.4 is 5.46 Å². The molecule has 0 saturated carbocycles. The van der Waals surface area contributed by atoms with Gasteiger partial charge in [-0.05, 0) is 64.1 Å². The first-order chi connectivity index (χ1) is 22.3. The van der Waals surface area contributed by atoms with Gasteiger partial charge in [0.25, 0.3) is 0 Å². The molecule has 0 radical (unpaired) electrons. The van der Waals surface area contributed by atoms with Crippen LogP contribution in [0.5, 0.6) is 0 Å². The second-order valence-electron chi connectivity index (χ2n) is 15.6. The highest BCUT2D eigenvalue weighted by molar-refractivity contribution is 6.62. The lowest BCUT2D eigenvalue weighted by Gasteiger charge is -2.32. The van der Waals surface area contributed by atoms with Crippen molar-refractivity contribution in [3.8, 4) is 0 Å². The summed E-state index contributed by atoms with van der Waals surface area (Å²) in [5, 5.41) is 2.71. The zero-order chi connectivity index (χ0) is 32.8. The second-order valence-corrected chi connectivity index (χ2v) is 15.6. The van der Waals surface area contributed by atoms with Crippen LogP contribution in [0.25, 0.3) is 21.8 Å². The molecule has 3 aromatic rings. The Kier molecular flexibility index (Phi) is 15.0. The smallest absolute Gasteiger partial charge is 0.399 e. The minimum Gasteiger partial charge on any atom is -0.399 e. The molecule has 1 saturated heterocycles. The van der Waals surface area contributed by atoms with Crippen LogP contribution in [0.15, 0.2) is 42.5 Å². The van der Waals surface area contributed by atoms with Crippen molar-refractivity contribution in [3.63, 3.8) is 0 Å². The van der Waals surface area contributed by atoms with Crippen molar-refractivity contribution in [2.45, 2.75) is 188 Å². The molecule has 1 aliphatic rings. The van der Waals surface area contributed by atoms with Gasteiger partial charge in [-0.1, -0.05) is 160 Å². The van der Waals surface area contributed by atoms with E-state index in [0.717, 1.165) is 12.0 Å². The lowest BCUT2D eigenvalue weighted by molar-refractivity contribution is 0.00578. The fraction of sp³-hybridized carbons (Fsp3) is 0.714. The second kappa shape index (κ2) is 18.7. The molecule has 0 spiro atoms. The van der Waals surface area contributed by atoms with Gasteiger partial charge in [0.15, 0.2) is 0 Å². The first kappa shape index (κ1) is 37.1. The lowest BCUT2D eigenvalue weighted by Crippen LogP contribution is -2.41. The van der Waals surface area contributed by atoms with Crippen LogP contribution in [0.4, 0.5) is 0 Å². The van der Waals surface area contributed by atoms with Gasteiger partial charge in [0.05, 0.1) is 11.2 Å². The van der Waals surface area contributed by atoms with E-state index in [4.69, 9.17) is 9.31 Å². The van der Waals surface area contributed by atoms with E-state index in [1.54, 1.807) is 0 Å². The predicted octanol–water partition coefficient (Wildman–Crippen LogP) is 12.6. The minimum absolute atomic E-state index is 0.333. The van der Waals surface area contributed by atoms with E-state index in [2.05, 4.69) is 88.6 Å². The molecule has 3 nitrogen and oxygen atoms in total. The highest BCUT2D eigenvalue weighted by atomic mass is 16.7. The van der Waals surface area contributed by atoms with Gasteiger partial charge in [-0.2, -0.15) is 0 Å². The molecule has 1 fully saturated rings. The molecular formula is C42H68BNO2. The van der Waals surface area contributed by atoms with Gasteiger partial charge < -0.3 is 13.9 Å². The zero-order valence-corrected chi connectivity index (χ0v) is 30.8. The Bertz CT molecular complexity index is 1280. The van der Waals surface area contributed by atoms with Crippen LogP contribution in [0.1, 0.15) is 170 Å². The largest absolute Gasteiger partial charge is 0.494 e. The minimum atomic E-state index is -0.338. The van der Waals surface area contributed by atoms with Crippen molar-refractivity contribution in [3.05, 3.63) is 42.5 Å². The van der Waals surface area contributed by atoms with E-state index in [0.29, 0.717) is 5.92 Å². The topological polar surface area (TPSA) is 23.4 Å². The monoisotopic (exact) mass is 630 g/mol. The van der Waals surface area contributed by atoms with Crippen molar-refractivity contribution in [2.24, 2.45) is 5.92 Å². The number of para-hydroxylation sites is 1. The number of hydrogen-bond acceptors (Lipinski definition) is 2. The molecule has 2 heterocycles. The maximum Gasteiger partial charge on any atom is 0.494 e. The van der Waals surface area contributed by atoms with Crippen LogP contribution in [0.3, 0.4) is 0 Å². The third-order valence-electron chi connectivity index (χ3n) is 11.2. The Labute approximate surface area is 283 Å². The maximum absolute atomic E-state index is 6.49. The first-order valence-electron chi connectivity index (χ1n) is 19.6. The van der Waals surface area contributed by atoms with Crippen LogP contribution >= 0.6 is 0 Å². The molecule has 4 heteroatoms. The number of rotatable bonds is 23. The fourth-order valence-corrected chi connectivity index (χ4v) is 7.46. The van der Waals surface area contributed by atoms with Gasteiger partial charge in [-0.15, -0.1) is 0 Å². The van der Waals surface area contributed by atoms with Gasteiger partial charge in [-0.3, -0.25) is 0 Å². The number of hydrogen-bond donors (Lipinski definition) is 0. The molecular weight excluding hydrogens is 561 g/mol. The summed E-state index contributed by atoms with van der Waals surface area (Å²) in [5.41, 5.74) is 3.15. The van der Waals surface area contributed by atoms with Crippen molar-refractivity contribution in [1.82, 2.24) is 4.57 Å². The van der Waals surface area contributed by atoms with Crippen molar-refractivity contribution < 1.29 is 9.31 Å². The van der Waals surface area contributed by atoms with Gasteiger partial charge in [0.1, 0.15) is 0 Å². The molecule has 1 aromatic heterocycles. The van der Waals surface area contributed by atoms with Crippen LogP contribution in [0.2, 0.25) is 0 Å². The Balaban J connectivity index is 1.44. The normalized spacial score (nSPS) is 16.6. The number of nitrogens with zero attached hydrogens (tertiary/aromatic N) is 1. The van der Waals surface area contributed by atoms with Crippen LogP contribution in [-0.4, -0.2) is 22.9 Å². The Hall–Kier alpha value is -1.78. The summed E-state index contributed by atoms with van der Waals surface area (Å²) in [6.45, 7) is 14.3. The Morgan fingerprint density at radius 1 is 0.565 bits per heavy atom. The molecule has 0 N–H and O–H groups in total. The number of fused-ring (bicyclic) bond motifs is 3. The zero-order valence-electron chi connectivity index (χ0n) is 30.8. The van der Waals surface area contributed by atoms with E-state index < -0.39 is 0 Å². The molecule has 0 aliphatic carbocycles. The molecule has 0 amide bonds. The highest BCUT2D eigenvalue weighted by Gasteiger charge is 2.51. The van der Waals surface area contributed by atoms with Crippen molar-refractivity contribution in [1.29, 1.82) is 0 Å². The summed E-state index contributed by atoms with van der Waals surface area (Å²) in [7, 11) is -0.333. The molecule has 1 aliphatic heterocycles. The molecule has 2 aromatic carbocycles. The average Bonchev–Trinajstić information content (AvgIpc) is 3.46. The maximum atomic E-state index is 6.49. The predicted molar refractivity (Wildman–Crippen MR) is 202 cm³/mol. The SMILES string of the molecule is CCCCCCCCCCCCC(CCCCCCCCCC)Cn1c2ccccc2c2ccc(B3OC(C)(C)C(C)(C)O3)cc21. The highest BCUT2D eigenvalue weighted by Crippen LogP contribution is 2.37. The first-order valence-corrected chi connectivity index (χ1v) is 19.6. The number of unbranched alkanes of at least 4 members (excludes halogenated alkanes) is 16. The Morgan fingerprint density at radius 2 is 1.02 bits per heavy atom. The number of aromatic nitrogens is 1. The molecule has 256 valence electrons. The third-order valence-corrected chi connectivity index (χ3v) is 11.2.